The summed E-state index contributed by atoms with van der Waals surface area (Å²) in [6.07, 6.45) is -0.730. The van der Waals surface area contributed by atoms with E-state index in [4.69, 9.17) is 4.42 Å². The van der Waals surface area contributed by atoms with Crippen LogP contribution < -0.4 is 5.32 Å². The zero-order chi connectivity index (χ0) is 13.0. The summed E-state index contributed by atoms with van der Waals surface area (Å²) in [6, 6.07) is 0.673. The van der Waals surface area contributed by atoms with Crippen molar-refractivity contribution >= 4 is 12.1 Å². The maximum absolute atomic E-state index is 11.5. The lowest BCUT2D eigenvalue weighted by Gasteiger charge is -2.13. The predicted octanol–water partition coefficient (Wildman–Crippen LogP) is 1.47. The van der Waals surface area contributed by atoms with Crippen molar-refractivity contribution in [3.8, 4) is 0 Å². The molecule has 0 aliphatic heterocycles. The number of aryl methyl sites for hydroxylation is 2. The molecule has 0 aromatic carbocycles. The van der Waals surface area contributed by atoms with Gasteiger partial charge in [0.15, 0.2) is 6.04 Å². The fourth-order valence-corrected chi connectivity index (χ4v) is 1.28. The van der Waals surface area contributed by atoms with E-state index in [0.717, 1.165) is 5.56 Å². The first-order chi connectivity index (χ1) is 7.99. The molecule has 17 heavy (non-hydrogen) atoms. The van der Waals surface area contributed by atoms with Crippen LogP contribution in [0.5, 0.6) is 0 Å². The largest absolute Gasteiger partial charge is 0.467 e. The molecule has 6 nitrogen and oxygen atoms in total. The summed E-state index contributed by atoms with van der Waals surface area (Å²) in [5.41, 5.74) is 0.889. The Labute approximate surface area is 98.9 Å². The van der Waals surface area contributed by atoms with Gasteiger partial charge in [-0.15, -0.1) is 0 Å². The summed E-state index contributed by atoms with van der Waals surface area (Å²) in [5.74, 6) is 0.377. The Bertz CT molecular complexity index is 404. The molecule has 1 atom stereocenters. The van der Waals surface area contributed by atoms with Gasteiger partial charge in [-0.05, 0) is 25.5 Å². The van der Waals surface area contributed by atoms with Gasteiger partial charge in [0, 0.05) is 0 Å². The fraction of sp³-hybridized carbons (Fsp3) is 0.455. The Morgan fingerprint density at radius 1 is 1.29 bits per heavy atom. The Balaban J connectivity index is 2.97. The molecule has 0 saturated heterocycles. The average molecular weight is 241 g/mol. The highest BCUT2D eigenvalue weighted by Gasteiger charge is 2.27. The molecule has 1 aromatic heterocycles. The first-order valence-corrected chi connectivity index (χ1v) is 4.98. The Morgan fingerprint density at radius 3 is 2.35 bits per heavy atom. The summed E-state index contributed by atoms with van der Waals surface area (Å²) < 4.78 is 14.4. The van der Waals surface area contributed by atoms with Crippen LogP contribution in [0.4, 0.5) is 4.79 Å². The number of esters is 1. The number of carbonyl (C=O) groups excluding carboxylic acids is 2. The highest BCUT2D eigenvalue weighted by atomic mass is 16.5. The quantitative estimate of drug-likeness (QED) is 0.811. The zero-order valence-corrected chi connectivity index (χ0v) is 10.2. The number of hydrogen-bond donors (Lipinski definition) is 1. The van der Waals surface area contributed by atoms with Crippen molar-refractivity contribution < 1.29 is 23.5 Å². The van der Waals surface area contributed by atoms with Crippen molar-refractivity contribution in [3.63, 3.8) is 0 Å². The van der Waals surface area contributed by atoms with Gasteiger partial charge in [0.05, 0.1) is 14.2 Å². The molecule has 0 bridgehead atoms. The smallest absolute Gasteiger partial charge is 0.407 e. The molecule has 0 aliphatic rings. The van der Waals surface area contributed by atoms with E-state index in [-0.39, 0.29) is 0 Å². The van der Waals surface area contributed by atoms with E-state index in [1.54, 1.807) is 13.0 Å². The average Bonchev–Trinajstić information content (AvgIpc) is 2.65. The SMILES string of the molecule is COC(=O)N[C@H](C(=O)OC)c1cc(C)c(C)o1. The summed E-state index contributed by atoms with van der Waals surface area (Å²) >= 11 is 0. The van der Waals surface area contributed by atoms with E-state index in [9.17, 15) is 9.59 Å². The number of carbonyl (C=O) groups is 2. The van der Waals surface area contributed by atoms with Gasteiger partial charge in [0.25, 0.3) is 0 Å². The number of ether oxygens (including phenoxy) is 2. The van der Waals surface area contributed by atoms with Crippen LogP contribution in [0, 0.1) is 13.8 Å². The second-order valence-electron chi connectivity index (χ2n) is 3.48. The van der Waals surface area contributed by atoms with E-state index in [0.29, 0.717) is 11.5 Å². The number of rotatable bonds is 3. The highest BCUT2D eigenvalue weighted by Crippen LogP contribution is 2.21. The van der Waals surface area contributed by atoms with Crippen molar-refractivity contribution in [2.75, 3.05) is 14.2 Å². The number of hydrogen-bond acceptors (Lipinski definition) is 5. The highest BCUT2D eigenvalue weighted by molar-refractivity contribution is 5.82. The van der Waals surface area contributed by atoms with Crippen molar-refractivity contribution in [3.05, 3.63) is 23.2 Å². The van der Waals surface area contributed by atoms with Gasteiger partial charge in [-0.1, -0.05) is 0 Å². The number of alkyl carbamates (subject to hydrolysis) is 1. The first kappa shape index (κ1) is 13.1. The molecule has 0 aliphatic carbocycles. The maximum Gasteiger partial charge on any atom is 0.407 e. The minimum Gasteiger partial charge on any atom is -0.467 e. The lowest BCUT2D eigenvalue weighted by atomic mass is 10.2. The zero-order valence-electron chi connectivity index (χ0n) is 10.2. The van der Waals surface area contributed by atoms with E-state index >= 15 is 0 Å². The minimum atomic E-state index is -1.00. The van der Waals surface area contributed by atoms with Crippen molar-refractivity contribution in [2.24, 2.45) is 0 Å². The van der Waals surface area contributed by atoms with Crippen LogP contribution in [0.25, 0.3) is 0 Å². The standard InChI is InChI=1S/C11H15NO5/c1-6-5-8(17-7(6)2)9(10(13)15-3)12-11(14)16-4/h5,9H,1-4H3,(H,12,14)/t9-/m0/s1. The Kier molecular flexibility index (Phi) is 4.14. The van der Waals surface area contributed by atoms with Crippen LogP contribution in [-0.4, -0.2) is 26.3 Å². The minimum absolute atomic E-state index is 0.317. The van der Waals surface area contributed by atoms with Crippen LogP contribution in [0.1, 0.15) is 23.1 Å². The van der Waals surface area contributed by atoms with Gasteiger partial charge in [0.1, 0.15) is 11.5 Å². The van der Waals surface area contributed by atoms with Gasteiger partial charge < -0.3 is 19.2 Å². The van der Waals surface area contributed by atoms with E-state index in [1.807, 2.05) is 6.92 Å². The number of amides is 1. The predicted molar refractivity (Wildman–Crippen MR) is 58.5 cm³/mol. The molecule has 6 heteroatoms. The number of nitrogens with one attached hydrogen (secondary N) is 1. The van der Waals surface area contributed by atoms with Gasteiger partial charge in [0.2, 0.25) is 0 Å². The van der Waals surface area contributed by atoms with Gasteiger partial charge >= 0.3 is 12.1 Å². The fourth-order valence-electron chi connectivity index (χ4n) is 1.28. The third kappa shape index (κ3) is 2.99. The van der Waals surface area contributed by atoms with Crippen LogP contribution in [0.2, 0.25) is 0 Å². The van der Waals surface area contributed by atoms with Crippen molar-refractivity contribution in [1.82, 2.24) is 5.32 Å². The molecule has 1 rings (SSSR count). The summed E-state index contributed by atoms with van der Waals surface area (Å²) in [5, 5.41) is 2.34. The van der Waals surface area contributed by atoms with Gasteiger partial charge in [-0.2, -0.15) is 0 Å². The maximum atomic E-state index is 11.5. The molecule has 0 unspecified atom stereocenters. The lowest BCUT2D eigenvalue weighted by Crippen LogP contribution is -2.34. The van der Waals surface area contributed by atoms with Crippen LogP contribution in [0.3, 0.4) is 0 Å². The molecule has 1 N–H and O–H groups in total. The third-order valence-corrected chi connectivity index (χ3v) is 2.35. The molecule has 0 saturated carbocycles. The third-order valence-electron chi connectivity index (χ3n) is 2.35. The second kappa shape index (κ2) is 5.38. The molecule has 1 aromatic rings. The molecular weight excluding hydrogens is 226 g/mol. The normalized spacial score (nSPS) is 11.8. The molecular formula is C11H15NO5. The lowest BCUT2D eigenvalue weighted by molar-refractivity contribution is -0.143. The van der Waals surface area contributed by atoms with Gasteiger partial charge in [-0.25, -0.2) is 9.59 Å². The van der Waals surface area contributed by atoms with Crippen molar-refractivity contribution in [2.45, 2.75) is 19.9 Å². The van der Waals surface area contributed by atoms with E-state index < -0.39 is 18.1 Å². The summed E-state index contributed by atoms with van der Waals surface area (Å²) in [7, 11) is 2.44. The summed E-state index contributed by atoms with van der Waals surface area (Å²) in [4.78, 5) is 22.7. The monoisotopic (exact) mass is 241 g/mol. The Morgan fingerprint density at radius 2 is 1.94 bits per heavy atom. The van der Waals surface area contributed by atoms with Crippen LogP contribution in [0.15, 0.2) is 10.5 Å². The summed E-state index contributed by atoms with van der Waals surface area (Å²) in [6.45, 7) is 3.61. The molecule has 0 fully saturated rings. The van der Waals surface area contributed by atoms with E-state index in [2.05, 4.69) is 14.8 Å². The van der Waals surface area contributed by atoms with E-state index in [1.165, 1.54) is 14.2 Å². The topological polar surface area (TPSA) is 77.8 Å². The molecule has 0 spiro atoms. The Hall–Kier alpha value is -1.98. The number of furan rings is 1. The first-order valence-electron chi connectivity index (χ1n) is 4.98. The van der Waals surface area contributed by atoms with Gasteiger partial charge in [-0.3, -0.25) is 0 Å². The second-order valence-corrected chi connectivity index (χ2v) is 3.48. The molecule has 1 amide bonds. The molecule has 0 radical (unpaired) electrons. The van der Waals surface area contributed by atoms with Crippen LogP contribution in [-0.2, 0) is 14.3 Å². The molecule has 1 heterocycles. The van der Waals surface area contributed by atoms with Crippen LogP contribution >= 0.6 is 0 Å². The number of methoxy groups -OCH3 is 2. The van der Waals surface area contributed by atoms with Crippen molar-refractivity contribution in [1.29, 1.82) is 0 Å². The molecule has 94 valence electrons.